The Kier molecular flexibility index (Phi) is 8.26. The number of nitrogens with zero attached hydrogens (tertiary/aromatic N) is 3. The molecule has 6 nitrogen and oxygen atoms in total. The Morgan fingerprint density at radius 3 is 2.37 bits per heavy atom. The molecule has 0 radical (unpaired) electrons. The summed E-state index contributed by atoms with van der Waals surface area (Å²) >= 11 is 2.41. The van der Waals surface area contributed by atoms with Crippen LogP contribution in [-0.4, -0.2) is 70.3 Å². The van der Waals surface area contributed by atoms with Crippen LogP contribution in [0.5, 0.6) is 0 Å². The van der Waals surface area contributed by atoms with Crippen LogP contribution in [0, 0.1) is 0 Å². The van der Waals surface area contributed by atoms with Crippen molar-refractivity contribution in [3.05, 3.63) is 29.8 Å². The average molecular weight is 525 g/mol. The monoisotopic (exact) mass is 525 g/mol. The van der Waals surface area contributed by atoms with Crippen molar-refractivity contribution in [2.45, 2.75) is 63.6 Å². The summed E-state index contributed by atoms with van der Waals surface area (Å²) in [6, 6.07) is 9.51. The van der Waals surface area contributed by atoms with E-state index in [9.17, 15) is 4.79 Å². The predicted octanol–water partition coefficient (Wildman–Crippen LogP) is 4.07. The lowest BCUT2D eigenvalue weighted by molar-refractivity contribution is 0.104. The molecule has 0 aromatic heterocycles. The summed E-state index contributed by atoms with van der Waals surface area (Å²) in [5.74, 6) is 0. The summed E-state index contributed by atoms with van der Waals surface area (Å²) in [7, 11) is 0. The molecule has 0 unspecified atom stereocenters. The topological polar surface area (TPSA) is 50.9 Å². The van der Waals surface area contributed by atoms with E-state index in [1.807, 2.05) is 17.0 Å². The number of carbonyl (C=O) groups excluding carboxylic acids is 1. The fourth-order valence-electron chi connectivity index (χ4n) is 5.01. The van der Waals surface area contributed by atoms with E-state index < -0.39 is 0 Å². The molecule has 0 saturated carbocycles. The SMILES string of the molecule is O=C(Nc1ccccc1CNC1CCN(I)CC1)N1CCC(N2CCCCC2)CC1. The Labute approximate surface area is 195 Å². The number of para-hydroxylation sites is 1. The number of carbonyl (C=O) groups is 1. The predicted molar refractivity (Wildman–Crippen MR) is 131 cm³/mol. The van der Waals surface area contributed by atoms with Crippen LogP contribution >= 0.6 is 22.9 Å². The van der Waals surface area contributed by atoms with Crippen molar-refractivity contribution >= 4 is 34.6 Å². The normalized spacial score (nSPS) is 22.9. The molecule has 30 heavy (non-hydrogen) atoms. The average Bonchev–Trinajstić information content (AvgIpc) is 2.80. The van der Waals surface area contributed by atoms with Crippen LogP contribution < -0.4 is 10.6 Å². The van der Waals surface area contributed by atoms with Crippen LogP contribution in [0.1, 0.15) is 50.5 Å². The number of nitrogens with one attached hydrogen (secondary N) is 2. The van der Waals surface area contributed by atoms with E-state index in [0.29, 0.717) is 12.1 Å². The van der Waals surface area contributed by atoms with Gasteiger partial charge in [0.05, 0.1) is 0 Å². The molecule has 2 amide bonds. The van der Waals surface area contributed by atoms with Crippen molar-refractivity contribution in [3.63, 3.8) is 0 Å². The highest BCUT2D eigenvalue weighted by atomic mass is 127. The van der Waals surface area contributed by atoms with Gasteiger partial charge in [0.15, 0.2) is 0 Å². The molecule has 3 fully saturated rings. The third-order valence-corrected chi connectivity index (χ3v) is 7.90. The van der Waals surface area contributed by atoms with Gasteiger partial charge in [-0.2, -0.15) is 0 Å². The Balaban J connectivity index is 1.26. The maximum atomic E-state index is 12.9. The van der Waals surface area contributed by atoms with Gasteiger partial charge in [-0.1, -0.05) is 24.6 Å². The van der Waals surface area contributed by atoms with Gasteiger partial charge in [0.25, 0.3) is 0 Å². The lowest BCUT2D eigenvalue weighted by Gasteiger charge is -2.40. The van der Waals surface area contributed by atoms with E-state index in [0.717, 1.165) is 51.3 Å². The molecule has 1 aromatic carbocycles. The first-order chi connectivity index (χ1) is 14.7. The molecule has 7 heteroatoms. The lowest BCUT2D eigenvalue weighted by atomic mass is 10.00. The fraction of sp³-hybridized carbons (Fsp3) is 0.696. The number of halogens is 1. The standard InChI is InChI=1S/C23H36IN5O/c24-29-16-8-20(9-17-29)25-18-19-6-2-3-7-22(19)26-23(30)28-14-10-21(11-15-28)27-12-4-1-5-13-27/h2-3,6-7,20-21,25H,1,4-5,8-18H2,(H,26,30). The Morgan fingerprint density at radius 2 is 1.63 bits per heavy atom. The molecule has 0 atom stereocenters. The summed E-state index contributed by atoms with van der Waals surface area (Å²) in [6.07, 6.45) is 8.63. The van der Waals surface area contributed by atoms with Gasteiger partial charge in [0.2, 0.25) is 0 Å². The van der Waals surface area contributed by atoms with Gasteiger partial charge in [0.1, 0.15) is 0 Å². The van der Waals surface area contributed by atoms with E-state index in [2.05, 4.69) is 53.6 Å². The second kappa shape index (κ2) is 11.1. The highest BCUT2D eigenvalue weighted by molar-refractivity contribution is 14.1. The molecule has 3 heterocycles. The fourth-order valence-corrected chi connectivity index (χ4v) is 5.57. The van der Waals surface area contributed by atoms with Crippen LogP contribution in [0.2, 0.25) is 0 Å². The molecule has 1 aromatic rings. The van der Waals surface area contributed by atoms with Gasteiger partial charge in [-0.05, 0) is 63.2 Å². The molecule has 3 aliphatic rings. The first-order valence-corrected chi connectivity index (χ1v) is 12.7. The van der Waals surface area contributed by atoms with Crippen LogP contribution in [-0.2, 0) is 6.54 Å². The van der Waals surface area contributed by atoms with E-state index in [4.69, 9.17) is 0 Å². The smallest absolute Gasteiger partial charge is 0.321 e. The van der Waals surface area contributed by atoms with E-state index in [-0.39, 0.29) is 6.03 Å². The van der Waals surface area contributed by atoms with Gasteiger partial charge >= 0.3 is 6.03 Å². The first-order valence-electron chi connectivity index (χ1n) is 11.7. The number of likely N-dealkylation sites (tertiary alicyclic amines) is 2. The molecule has 0 aliphatic carbocycles. The molecule has 2 N–H and O–H groups in total. The summed E-state index contributed by atoms with van der Waals surface area (Å²) in [5, 5.41) is 6.89. The largest absolute Gasteiger partial charge is 0.324 e. The van der Waals surface area contributed by atoms with Crippen molar-refractivity contribution in [1.82, 2.24) is 18.2 Å². The van der Waals surface area contributed by atoms with Crippen LogP contribution in [0.15, 0.2) is 24.3 Å². The maximum absolute atomic E-state index is 12.9. The third kappa shape index (κ3) is 6.08. The van der Waals surface area contributed by atoms with Gasteiger partial charge < -0.3 is 20.4 Å². The molecular formula is C23H36IN5O. The Bertz CT molecular complexity index is 680. The number of anilines is 1. The number of hydrogen-bond acceptors (Lipinski definition) is 4. The molecule has 0 spiro atoms. The zero-order chi connectivity index (χ0) is 20.8. The van der Waals surface area contributed by atoms with Crippen molar-refractivity contribution in [3.8, 4) is 0 Å². The first kappa shape index (κ1) is 22.3. The minimum Gasteiger partial charge on any atom is -0.324 e. The minimum absolute atomic E-state index is 0.0535. The van der Waals surface area contributed by atoms with Gasteiger partial charge in [-0.15, -0.1) is 0 Å². The molecule has 166 valence electrons. The molecule has 4 rings (SSSR count). The highest BCUT2D eigenvalue weighted by Gasteiger charge is 2.28. The number of benzene rings is 1. The maximum Gasteiger partial charge on any atom is 0.321 e. The summed E-state index contributed by atoms with van der Waals surface area (Å²) in [5.41, 5.74) is 2.12. The Hall–Kier alpha value is -0.900. The molecule has 0 bridgehead atoms. The van der Waals surface area contributed by atoms with Crippen molar-refractivity contribution in [2.24, 2.45) is 0 Å². The zero-order valence-corrected chi connectivity index (χ0v) is 20.1. The lowest BCUT2D eigenvalue weighted by Crippen LogP contribution is -2.49. The summed E-state index contributed by atoms with van der Waals surface area (Å²) < 4.78 is 2.36. The van der Waals surface area contributed by atoms with Crippen LogP contribution in [0.4, 0.5) is 10.5 Å². The number of urea groups is 1. The van der Waals surface area contributed by atoms with Crippen LogP contribution in [0.3, 0.4) is 0 Å². The van der Waals surface area contributed by atoms with Gasteiger partial charge in [-0.3, -0.25) is 0 Å². The number of amides is 2. The van der Waals surface area contributed by atoms with Gasteiger partial charge in [-0.25, -0.2) is 7.91 Å². The zero-order valence-electron chi connectivity index (χ0n) is 18.0. The number of hydrogen-bond donors (Lipinski definition) is 2. The number of rotatable bonds is 5. The molecule has 3 saturated heterocycles. The van der Waals surface area contributed by atoms with E-state index in [1.54, 1.807) is 0 Å². The van der Waals surface area contributed by atoms with Crippen molar-refractivity contribution in [2.75, 3.05) is 44.6 Å². The molecular weight excluding hydrogens is 489 g/mol. The second-order valence-electron chi connectivity index (χ2n) is 8.97. The number of piperidine rings is 3. The summed E-state index contributed by atoms with van der Waals surface area (Å²) in [6.45, 7) is 7.31. The summed E-state index contributed by atoms with van der Waals surface area (Å²) in [4.78, 5) is 17.6. The van der Waals surface area contributed by atoms with E-state index >= 15 is 0 Å². The Morgan fingerprint density at radius 1 is 0.933 bits per heavy atom. The quantitative estimate of drug-likeness (QED) is 0.450. The van der Waals surface area contributed by atoms with Crippen LogP contribution in [0.25, 0.3) is 0 Å². The second-order valence-corrected chi connectivity index (χ2v) is 10.3. The van der Waals surface area contributed by atoms with Crippen molar-refractivity contribution < 1.29 is 4.79 Å². The van der Waals surface area contributed by atoms with E-state index in [1.165, 1.54) is 50.8 Å². The van der Waals surface area contributed by atoms with Gasteiger partial charge in [0, 0.05) is 73.4 Å². The third-order valence-electron chi connectivity index (χ3n) is 6.94. The van der Waals surface area contributed by atoms with Crippen molar-refractivity contribution in [1.29, 1.82) is 0 Å². The minimum atomic E-state index is 0.0535. The molecule has 3 aliphatic heterocycles. The highest BCUT2D eigenvalue weighted by Crippen LogP contribution is 2.22.